The van der Waals surface area contributed by atoms with Crippen molar-refractivity contribution < 1.29 is 9.90 Å². The van der Waals surface area contributed by atoms with Crippen molar-refractivity contribution in [2.24, 2.45) is 0 Å². The Morgan fingerprint density at radius 3 is 2.39 bits per heavy atom. The number of rotatable bonds is 3. The van der Waals surface area contributed by atoms with Crippen LogP contribution in [0.4, 0.5) is 0 Å². The number of hydrogen-bond donors (Lipinski definition) is 1. The van der Waals surface area contributed by atoms with Gasteiger partial charge in [-0.25, -0.2) is 9.78 Å². The van der Waals surface area contributed by atoms with Crippen LogP contribution < -0.4 is 0 Å². The second-order valence-electron chi connectivity index (χ2n) is 4.49. The highest BCUT2D eigenvalue weighted by Crippen LogP contribution is 2.29. The molecule has 2 aromatic rings. The number of hydrogen-bond acceptors (Lipinski definition) is 3. The van der Waals surface area contributed by atoms with Crippen molar-refractivity contribution in [1.82, 2.24) is 4.98 Å². The predicted molar refractivity (Wildman–Crippen MR) is 73.3 cm³/mol. The molecule has 1 aromatic heterocycles. The molecule has 0 unspecified atom stereocenters. The van der Waals surface area contributed by atoms with Gasteiger partial charge in [-0.05, 0) is 18.4 Å². The van der Waals surface area contributed by atoms with Crippen LogP contribution in [0, 0.1) is 6.92 Å². The lowest BCUT2D eigenvalue weighted by Gasteiger charge is -2.06. The highest BCUT2D eigenvalue weighted by Gasteiger charge is 2.17. The number of carboxylic acids is 1. The average molecular weight is 261 g/mol. The Morgan fingerprint density at radius 1 is 1.28 bits per heavy atom. The first-order chi connectivity index (χ1) is 8.49. The summed E-state index contributed by atoms with van der Waals surface area (Å²) >= 11 is 1.22. The largest absolute Gasteiger partial charge is 0.477 e. The summed E-state index contributed by atoms with van der Waals surface area (Å²) in [6.07, 6.45) is 0. The molecule has 0 radical (unpaired) electrons. The van der Waals surface area contributed by atoms with E-state index in [1.54, 1.807) is 0 Å². The molecule has 0 aliphatic rings. The van der Waals surface area contributed by atoms with Crippen LogP contribution in [0.1, 0.15) is 40.0 Å². The van der Waals surface area contributed by atoms with Gasteiger partial charge in [0.1, 0.15) is 4.88 Å². The number of carbonyl (C=O) groups is 1. The van der Waals surface area contributed by atoms with Crippen molar-refractivity contribution >= 4 is 17.3 Å². The van der Waals surface area contributed by atoms with Gasteiger partial charge in [-0.15, -0.1) is 11.3 Å². The fourth-order valence-electron chi connectivity index (χ4n) is 1.79. The lowest BCUT2D eigenvalue weighted by Crippen LogP contribution is -1.95. The van der Waals surface area contributed by atoms with Crippen LogP contribution in [0.25, 0.3) is 11.3 Å². The highest BCUT2D eigenvalue weighted by atomic mass is 32.1. The summed E-state index contributed by atoms with van der Waals surface area (Å²) in [5, 5.41) is 9.93. The van der Waals surface area contributed by atoms with Gasteiger partial charge < -0.3 is 5.11 Å². The van der Waals surface area contributed by atoms with Crippen LogP contribution >= 0.6 is 11.3 Å². The molecule has 0 aliphatic heterocycles. The molecular formula is C14H15NO2S. The van der Waals surface area contributed by atoms with Crippen LogP contribution in [0.5, 0.6) is 0 Å². The minimum atomic E-state index is -0.913. The Hall–Kier alpha value is -1.68. The van der Waals surface area contributed by atoms with Crippen LogP contribution in [-0.2, 0) is 0 Å². The maximum atomic E-state index is 11.2. The molecule has 0 aliphatic carbocycles. The molecule has 0 bridgehead atoms. The molecule has 1 heterocycles. The lowest BCUT2D eigenvalue weighted by molar-refractivity contribution is 0.0702. The number of thiazole rings is 1. The van der Waals surface area contributed by atoms with Gasteiger partial charge in [0, 0.05) is 5.56 Å². The summed E-state index contributed by atoms with van der Waals surface area (Å²) < 4.78 is 0. The second kappa shape index (κ2) is 4.90. The Morgan fingerprint density at radius 2 is 1.89 bits per heavy atom. The van der Waals surface area contributed by atoms with Gasteiger partial charge in [0.05, 0.1) is 10.7 Å². The monoisotopic (exact) mass is 261 g/mol. The third-order valence-electron chi connectivity index (χ3n) is 2.78. The fraction of sp³-hybridized carbons (Fsp3) is 0.286. The molecule has 3 nitrogen and oxygen atoms in total. The summed E-state index contributed by atoms with van der Waals surface area (Å²) in [5.74, 6) is -0.446. The number of aryl methyl sites for hydroxylation is 1. The zero-order chi connectivity index (χ0) is 13.3. The minimum Gasteiger partial charge on any atom is -0.477 e. The molecule has 1 N–H and O–H groups in total. The average Bonchev–Trinajstić information content (AvgIpc) is 2.71. The Kier molecular flexibility index (Phi) is 3.48. The molecule has 0 spiro atoms. The molecule has 94 valence electrons. The molecule has 1 aromatic carbocycles. The van der Waals surface area contributed by atoms with E-state index in [9.17, 15) is 4.79 Å². The predicted octanol–water partition coefficient (Wildman–Crippen LogP) is 3.94. The molecule has 0 saturated carbocycles. The number of aromatic carboxylic acids is 1. The third-order valence-corrected chi connectivity index (χ3v) is 3.74. The zero-order valence-electron chi connectivity index (χ0n) is 10.6. The summed E-state index contributed by atoms with van der Waals surface area (Å²) in [4.78, 5) is 15.8. The highest BCUT2D eigenvalue weighted by molar-refractivity contribution is 7.14. The Balaban J connectivity index is 2.45. The van der Waals surface area contributed by atoms with E-state index in [0.717, 1.165) is 10.6 Å². The number of carboxylic acid groups (broad SMARTS) is 1. The first kappa shape index (κ1) is 12.8. The van der Waals surface area contributed by atoms with Gasteiger partial charge in [-0.3, -0.25) is 0 Å². The molecule has 0 saturated heterocycles. The summed E-state index contributed by atoms with van der Waals surface area (Å²) in [6, 6.07) is 7.94. The minimum absolute atomic E-state index is 0.310. The number of benzene rings is 1. The first-order valence-corrected chi connectivity index (χ1v) is 6.61. The van der Waals surface area contributed by atoms with Gasteiger partial charge >= 0.3 is 5.97 Å². The molecule has 0 amide bonds. The smallest absolute Gasteiger partial charge is 0.348 e. The van der Waals surface area contributed by atoms with Crippen LogP contribution in [0.2, 0.25) is 0 Å². The summed E-state index contributed by atoms with van der Waals surface area (Å²) in [7, 11) is 0. The molecule has 4 heteroatoms. The van der Waals surface area contributed by atoms with E-state index in [0.29, 0.717) is 16.5 Å². The fourth-order valence-corrected chi connectivity index (χ4v) is 2.57. The second-order valence-corrected chi connectivity index (χ2v) is 5.70. The maximum absolute atomic E-state index is 11.2. The van der Waals surface area contributed by atoms with Crippen molar-refractivity contribution in [2.75, 3.05) is 0 Å². The summed E-state index contributed by atoms with van der Waals surface area (Å²) in [5.41, 5.74) is 2.67. The van der Waals surface area contributed by atoms with Gasteiger partial charge in [0.25, 0.3) is 0 Å². The van der Waals surface area contributed by atoms with Crippen LogP contribution in [-0.4, -0.2) is 16.1 Å². The van der Waals surface area contributed by atoms with E-state index < -0.39 is 5.97 Å². The Labute approximate surface area is 110 Å². The standard InChI is InChI=1S/C14H15NO2S/c1-8(2)10-4-6-11(7-5-10)12-13(14(16)17)18-9(3)15-12/h4-8H,1-3H3,(H,16,17). The van der Waals surface area contributed by atoms with Crippen molar-refractivity contribution in [2.45, 2.75) is 26.7 Å². The quantitative estimate of drug-likeness (QED) is 0.910. The molecule has 2 rings (SSSR count). The molecular weight excluding hydrogens is 246 g/mol. The van der Waals surface area contributed by atoms with Gasteiger partial charge in [0.2, 0.25) is 0 Å². The van der Waals surface area contributed by atoms with Gasteiger partial charge in [0.15, 0.2) is 0 Å². The third kappa shape index (κ3) is 2.43. The lowest BCUT2D eigenvalue weighted by atomic mass is 10.0. The normalized spacial score (nSPS) is 10.9. The van der Waals surface area contributed by atoms with Gasteiger partial charge in [-0.1, -0.05) is 38.1 Å². The first-order valence-electron chi connectivity index (χ1n) is 5.80. The Bertz CT molecular complexity index is 570. The van der Waals surface area contributed by atoms with Gasteiger partial charge in [-0.2, -0.15) is 0 Å². The maximum Gasteiger partial charge on any atom is 0.348 e. The molecule has 18 heavy (non-hydrogen) atoms. The molecule has 0 fully saturated rings. The van der Waals surface area contributed by atoms with E-state index in [1.807, 2.05) is 31.2 Å². The van der Waals surface area contributed by atoms with Crippen LogP contribution in [0.3, 0.4) is 0 Å². The van der Waals surface area contributed by atoms with E-state index >= 15 is 0 Å². The van der Waals surface area contributed by atoms with E-state index in [2.05, 4.69) is 18.8 Å². The van der Waals surface area contributed by atoms with Crippen molar-refractivity contribution in [3.8, 4) is 11.3 Å². The van der Waals surface area contributed by atoms with Crippen molar-refractivity contribution in [3.63, 3.8) is 0 Å². The SMILES string of the molecule is Cc1nc(-c2ccc(C(C)C)cc2)c(C(=O)O)s1. The molecule has 0 atom stereocenters. The topological polar surface area (TPSA) is 50.2 Å². The van der Waals surface area contributed by atoms with E-state index in [1.165, 1.54) is 16.9 Å². The van der Waals surface area contributed by atoms with E-state index in [4.69, 9.17) is 5.11 Å². The van der Waals surface area contributed by atoms with E-state index in [-0.39, 0.29) is 0 Å². The number of nitrogens with zero attached hydrogens (tertiary/aromatic N) is 1. The zero-order valence-corrected chi connectivity index (χ0v) is 11.4. The van der Waals surface area contributed by atoms with Crippen molar-refractivity contribution in [1.29, 1.82) is 0 Å². The summed E-state index contributed by atoms with van der Waals surface area (Å²) in [6.45, 7) is 6.08. The van der Waals surface area contributed by atoms with Crippen LogP contribution in [0.15, 0.2) is 24.3 Å². The number of aromatic nitrogens is 1. The van der Waals surface area contributed by atoms with Crippen molar-refractivity contribution in [3.05, 3.63) is 39.7 Å².